The Kier molecular flexibility index (Phi) is 8.68. The Balaban J connectivity index is 1.38. The van der Waals surface area contributed by atoms with Gasteiger partial charge in [0.25, 0.3) is 0 Å². The Labute approximate surface area is 186 Å². The zero-order valence-corrected chi connectivity index (χ0v) is 18.9. The molecule has 1 saturated heterocycles. The summed E-state index contributed by atoms with van der Waals surface area (Å²) in [4.78, 5) is 30.8. The molecule has 2 aromatic heterocycles. The van der Waals surface area contributed by atoms with Gasteiger partial charge in [-0.3, -0.25) is 19.5 Å². The highest BCUT2D eigenvalue weighted by molar-refractivity contribution is 7.99. The first-order chi connectivity index (χ1) is 14.9. The number of ketones is 1. The second-order valence-corrected chi connectivity index (χ2v) is 10.8. The largest absolute Gasteiger partial charge is 0.468 e. The molecule has 0 spiro atoms. The van der Waals surface area contributed by atoms with Crippen molar-refractivity contribution in [2.45, 2.75) is 25.1 Å². The second kappa shape index (κ2) is 11.4. The number of carbonyl (C=O) groups is 2. The molecule has 168 valence electrons. The molecule has 0 radical (unpaired) electrons. The monoisotopic (exact) mass is 465 g/mol. The highest BCUT2D eigenvalue weighted by Crippen LogP contribution is 2.14. The van der Waals surface area contributed by atoms with E-state index in [1.54, 1.807) is 12.3 Å². The quantitative estimate of drug-likeness (QED) is 0.531. The predicted octanol–water partition coefficient (Wildman–Crippen LogP) is 1.46. The van der Waals surface area contributed by atoms with Gasteiger partial charge >= 0.3 is 0 Å². The van der Waals surface area contributed by atoms with Gasteiger partial charge in [0.15, 0.2) is 15.6 Å². The Morgan fingerprint density at radius 1 is 1.23 bits per heavy atom. The first kappa shape index (κ1) is 23.5. The smallest absolute Gasteiger partial charge is 0.235 e. The summed E-state index contributed by atoms with van der Waals surface area (Å²) in [7, 11) is -3.66. The Bertz CT molecular complexity index is 971. The van der Waals surface area contributed by atoms with Gasteiger partial charge in [0.1, 0.15) is 17.3 Å². The van der Waals surface area contributed by atoms with E-state index in [4.69, 9.17) is 4.42 Å². The number of furan rings is 1. The summed E-state index contributed by atoms with van der Waals surface area (Å²) in [6, 6.07) is 7.14. The molecule has 3 rings (SSSR count). The van der Waals surface area contributed by atoms with E-state index in [1.807, 2.05) is 23.9 Å². The zero-order valence-electron chi connectivity index (χ0n) is 17.3. The molecule has 10 heteroatoms. The normalized spacial score (nSPS) is 15.0. The number of nitrogens with one attached hydrogen (secondary N) is 1. The number of pyridine rings is 1. The summed E-state index contributed by atoms with van der Waals surface area (Å²) in [6.45, 7) is 2.85. The minimum absolute atomic E-state index is 0.169. The van der Waals surface area contributed by atoms with Crippen LogP contribution >= 0.6 is 11.8 Å². The molecule has 0 bridgehead atoms. The van der Waals surface area contributed by atoms with Gasteiger partial charge in [0.05, 0.1) is 12.8 Å². The summed E-state index contributed by atoms with van der Waals surface area (Å²) >= 11 is 1.97. The molecule has 0 atom stereocenters. The average Bonchev–Trinajstić information content (AvgIpc) is 3.23. The van der Waals surface area contributed by atoms with Gasteiger partial charge in [-0.05, 0) is 36.2 Å². The van der Waals surface area contributed by atoms with Crippen molar-refractivity contribution < 1.29 is 22.4 Å². The van der Waals surface area contributed by atoms with Crippen LogP contribution in [0.5, 0.6) is 0 Å². The van der Waals surface area contributed by atoms with Gasteiger partial charge in [0, 0.05) is 49.5 Å². The standard InChI is InChI=1S/C21H27N3O5S2/c25-19(13-23-21(26)16-31(27,28)15-20-2-1-9-29-20)4-3-18-12-17(5-6-22-18)14-24-7-10-30-11-8-24/h1-2,5-6,9,12H,3-4,7-8,10-11,13-16H2,(H,23,26). The van der Waals surface area contributed by atoms with E-state index in [1.165, 1.54) is 17.9 Å². The van der Waals surface area contributed by atoms with E-state index in [0.717, 1.165) is 36.8 Å². The molecule has 3 heterocycles. The predicted molar refractivity (Wildman–Crippen MR) is 119 cm³/mol. The minimum Gasteiger partial charge on any atom is -0.468 e. The average molecular weight is 466 g/mol. The van der Waals surface area contributed by atoms with Crippen molar-refractivity contribution in [1.29, 1.82) is 0 Å². The van der Waals surface area contributed by atoms with Gasteiger partial charge in [-0.1, -0.05) is 0 Å². The van der Waals surface area contributed by atoms with E-state index in [2.05, 4.69) is 15.2 Å². The van der Waals surface area contributed by atoms with Crippen LogP contribution in [0, 0.1) is 0 Å². The highest BCUT2D eigenvalue weighted by Gasteiger charge is 2.19. The Morgan fingerprint density at radius 2 is 2.03 bits per heavy atom. The molecule has 0 aromatic carbocycles. The van der Waals surface area contributed by atoms with E-state index < -0.39 is 21.5 Å². The van der Waals surface area contributed by atoms with Crippen LogP contribution in [0.2, 0.25) is 0 Å². The van der Waals surface area contributed by atoms with Crippen molar-refractivity contribution in [2.75, 3.05) is 36.9 Å². The van der Waals surface area contributed by atoms with Crippen LogP contribution in [0.25, 0.3) is 0 Å². The number of thioether (sulfide) groups is 1. The van der Waals surface area contributed by atoms with Crippen molar-refractivity contribution in [2.24, 2.45) is 0 Å². The molecule has 1 aliphatic heterocycles. The van der Waals surface area contributed by atoms with Gasteiger partial charge in [-0.25, -0.2) is 8.42 Å². The molecule has 0 saturated carbocycles. The number of aromatic nitrogens is 1. The maximum atomic E-state index is 12.1. The highest BCUT2D eigenvalue weighted by atomic mass is 32.2. The number of aryl methyl sites for hydroxylation is 1. The summed E-state index contributed by atoms with van der Waals surface area (Å²) in [5, 5.41) is 2.39. The summed E-state index contributed by atoms with van der Waals surface area (Å²) in [5.74, 6) is 0.693. The summed E-state index contributed by atoms with van der Waals surface area (Å²) < 4.78 is 29.0. The molecule has 1 fully saturated rings. The molecule has 0 aliphatic carbocycles. The van der Waals surface area contributed by atoms with Crippen LogP contribution in [0.1, 0.15) is 23.4 Å². The number of Topliss-reactive ketones (excluding diaryl/α,β-unsaturated/α-hetero) is 1. The molecule has 2 aromatic rings. The summed E-state index contributed by atoms with van der Waals surface area (Å²) in [5.41, 5.74) is 2.02. The van der Waals surface area contributed by atoms with Crippen LogP contribution in [0.3, 0.4) is 0 Å². The fourth-order valence-electron chi connectivity index (χ4n) is 3.25. The molecule has 1 N–H and O–H groups in total. The number of hydrogen-bond donors (Lipinski definition) is 1. The lowest BCUT2D eigenvalue weighted by atomic mass is 10.1. The number of rotatable bonds is 11. The van der Waals surface area contributed by atoms with Crippen LogP contribution in [-0.4, -0.2) is 66.9 Å². The number of nitrogens with zero attached hydrogens (tertiary/aromatic N) is 2. The maximum absolute atomic E-state index is 12.1. The fourth-order valence-corrected chi connectivity index (χ4v) is 5.43. The van der Waals surface area contributed by atoms with Crippen LogP contribution in [0.15, 0.2) is 41.1 Å². The topological polar surface area (TPSA) is 110 Å². The molecular formula is C21H27N3O5S2. The molecular weight excluding hydrogens is 438 g/mol. The Morgan fingerprint density at radius 3 is 2.77 bits per heavy atom. The molecule has 8 nitrogen and oxygen atoms in total. The zero-order chi connectivity index (χ0) is 22.1. The SMILES string of the molecule is O=C(CCc1cc(CN2CCSCC2)ccn1)CNC(=O)CS(=O)(=O)Cc1ccco1. The van der Waals surface area contributed by atoms with Crippen LogP contribution in [-0.2, 0) is 38.1 Å². The molecule has 0 unspecified atom stereocenters. The first-order valence-electron chi connectivity index (χ1n) is 10.1. The fraction of sp³-hybridized carbons (Fsp3) is 0.476. The Hall–Kier alpha value is -2.17. The van der Waals surface area contributed by atoms with Gasteiger partial charge in [-0.15, -0.1) is 0 Å². The van der Waals surface area contributed by atoms with Crippen molar-refractivity contribution in [1.82, 2.24) is 15.2 Å². The number of sulfone groups is 1. The van der Waals surface area contributed by atoms with Crippen molar-refractivity contribution in [3.63, 3.8) is 0 Å². The van der Waals surface area contributed by atoms with Gasteiger partial charge in [-0.2, -0.15) is 11.8 Å². The number of carbonyl (C=O) groups excluding carboxylic acids is 2. The molecule has 31 heavy (non-hydrogen) atoms. The lowest BCUT2D eigenvalue weighted by Gasteiger charge is -2.26. The third-order valence-corrected chi connectivity index (χ3v) is 7.20. The third-order valence-electron chi connectivity index (χ3n) is 4.83. The minimum atomic E-state index is -3.66. The van der Waals surface area contributed by atoms with Crippen LogP contribution in [0.4, 0.5) is 0 Å². The number of amides is 1. The van der Waals surface area contributed by atoms with Crippen molar-refractivity contribution in [3.8, 4) is 0 Å². The molecule has 1 aliphatic rings. The van der Waals surface area contributed by atoms with Crippen molar-refractivity contribution >= 4 is 33.3 Å². The lowest BCUT2D eigenvalue weighted by molar-refractivity contribution is -0.123. The first-order valence-corrected chi connectivity index (χ1v) is 13.1. The van der Waals surface area contributed by atoms with E-state index in [0.29, 0.717) is 6.42 Å². The van der Waals surface area contributed by atoms with Gasteiger partial charge < -0.3 is 9.73 Å². The maximum Gasteiger partial charge on any atom is 0.235 e. The van der Waals surface area contributed by atoms with Crippen molar-refractivity contribution in [3.05, 3.63) is 53.7 Å². The summed E-state index contributed by atoms with van der Waals surface area (Å²) in [6.07, 6.45) is 3.85. The third kappa shape index (κ3) is 8.47. The number of hydrogen-bond acceptors (Lipinski definition) is 8. The van der Waals surface area contributed by atoms with E-state index >= 15 is 0 Å². The van der Waals surface area contributed by atoms with E-state index in [-0.39, 0.29) is 30.3 Å². The molecule has 1 amide bonds. The van der Waals surface area contributed by atoms with E-state index in [9.17, 15) is 18.0 Å². The lowest BCUT2D eigenvalue weighted by Crippen LogP contribution is -2.34. The second-order valence-electron chi connectivity index (χ2n) is 7.47. The van der Waals surface area contributed by atoms with Crippen LogP contribution < -0.4 is 5.32 Å². The van der Waals surface area contributed by atoms with Gasteiger partial charge in [0.2, 0.25) is 5.91 Å².